The average molecular weight is 254 g/mol. The van der Waals surface area contributed by atoms with E-state index in [2.05, 4.69) is 37.7 Å². The molecule has 1 rings (SSSR count). The number of hydrogen-bond donors (Lipinski definition) is 0. The van der Waals surface area contributed by atoms with E-state index >= 15 is 0 Å². The number of hydrogen-bond acceptors (Lipinski definition) is 4. The summed E-state index contributed by atoms with van der Waals surface area (Å²) in [5, 5.41) is 0. The number of nitrogens with zero attached hydrogens (tertiary/aromatic N) is 2. The van der Waals surface area contributed by atoms with Crippen molar-refractivity contribution in [1.29, 1.82) is 0 Å². The molecule has 0 bridgehead atoms. The van der Waals surface area contributed by atoms with Crippen LogP contribution in [0.2, 0.25) is 0 Å². The van der Waals surface area contributed by atoms with Crippen LogP contribution >= 0.6 is 12.2 Å². The maximum Gasteiger partial charge on any atom is 0.220 e. The molecule has 0 spiro atoms. The Balaban J connectivity index is 2.70. The molecule has 0 saturated carbocycles. The normalized spacial score (nSPS) is 11.7. The first-order valence-electron chi connectivity index (χ1n) is 6.05. The fraction of sp³-hybridized carbons (Fsp3) is 0.692. The van der Waals surface area contributed by atoms with Gasteiger partial charge in [-0.25, -0.2) is 0 Å². The Labute approximate surface area is 109 Å². The van der Waals surface area contributed by atoms with Crippen LogP contribution < -0.4 is 10.3 Å². The van der Waals surface area contributed by atoms with Crippen molar-refractivity contribution in [2.24, 2.45) is 0 Å². The van der Waals surface area contributed by atoms with Crippen molar-refractivity contribution in [1.82, 2.24) is 4.90 Å². The molecule has 0 N–H and O–H groups in total. The summed E-state index contributed by atoms with van der Waals surface area (Å²) in [6, 6.07) is 0. The minimum Gasteiger partial charge on any atom is -0.371 e. The van der Waals surface area contributed by atoms with Gasteiger partial charge in [0, 0.05) is 19.2 Å². The molecule has 0 aromatic heterocycles. The van der Waals surface area contributed by atoms with E-state index in [-0.39, 0.29) is 5.43 Å². The van der Waals surface area contributed by atoms with E-state index in [1.165, 1.54) is 0 Å². The maximum absolute atomic E-state index is 11.8. The van der Waals surface area contributed by atoms with Crippen LogP contribution in [0.3, 0.4) is 0 Å². The molecule has 17 heavy (non-hydrogen) atoms. The third-order valence-corrected chi connectivity index (χ3v) is 3.38. The lowest BCUT2D eigenvalue weighted by Gasteiger charge is -2.26. The first-order chi connectivity index (χ1) is 7.86. The lowest BCUT2D eigenvalue weighted by atomic mass is 9.96. The van der Waals surface area contributed by atoms with Gasteiger partial charge in [0.05, 0.1) is 10.2 Å². The molecule has 0 atom stereocenters. The third kappa shape index (κ3) is 3.13. The minimum absolute atomic E-state index is 0.0519. The first-order valence-corrected chi connectivity index (χ1v) is 6.46. The van der Waals surface area contributed by atoms with E-state index < -0.39 is 0 Å². The molecule has 3 nitrogen and oxygen atoms in total. The molecule has 4 heteroatoms. The van der Waals surface area contributed by atoms with Crippen LogP contribution in [0.1, 0.15) is 31.7 Å². The van der Waals surface area contributed by atoms with Crippen LogP contribution in [0.5, 0.6) is 0 Å². The van der Waals surface area contributed by atoms with E-state index in [0.29, 0.717) is 10.4 Å². The van der Waals surface area contributed by atoms with Gasteiger partial charge < -0.3 is 9.80 Å². The lowest BCUT2D eigenvalue weighted by Crippen LogP contribution is -2.32. The summed E-state index contributed by atoms with van der Waals surface area (Å²) in [5.74, 6) is 0.339. The predicted molar refractivity (Wildman–Crippen MR) is 76.4 cm³/mol. The highest BCUT2D eigenvalue weighted by Crippen LogP contribution is 2.27. The van der Waals surface area contributed by atoms with E-state index in [0.717, 1.165) is 30.8 Å². The quantitative estimate of drug-likeness (QED) is 0.726. The highest BCUT2D eigenvalue weighted by atomic mass is 32.1. The van der Waals surface area contributed by atoms with Crippen LogP contribution in [-0.4, -0.2) is 39.1 Å². The van der Waals surface area contributed by atoms with Gasteiger partial charge in [0.2, 0.25) is 5.43 Å². The van der Waals surface area contributed by atoms with E-state index in [9.17, 15) is 4.79 Å². The van der Waals surface area contributed by atoms with Gasteiger partial charge in [0.15, 0.2) is 0 Å². The Morgan fingerprint density at radius 3 is 2.24 bits per heavy atom. The van der Waals surface area contributed by atoms with Crippen LogP contribution in [0.25, 0.3) is 0 Å². The molecule has 0 fully saturated rings. The number of rotatable bonds is 6. The lowest BCUT2D eigenvalue weighted by molar-refractivity contribution is 0.401. The third-order valence-electron chi connectivity index (χ3n) is 2.98. The van der Waals surface area contributed by atoms with Crippen molar-refractivity contribution < 1.29 is 0 Å². The van der Waals surface area contributed by atoms with Crippen molar-refractivity contribution in [3.63, 3.8) is 0 Å². The highest BCUT2D eigenvalue weighted by molar-refractivity contribution is 7.71. The van der Waals surface area contributed by atoms with Crippen molar-refractivity contribution in [2.75, 3.05) is 39.1 Å². The summed E-state index contributed by atoms with van der Waals surface area (Å²) in [5.41, 5.74) is 1.96. The zero-order valence-corrected chi connectivity index (χ0v) is 12.2. The first kappa shape index (κ1) is 14.3. The van der Waals surface area contributed by atoms with Gasteiger partial charge in [-0.05, 0) is 33.0 Å². The molecule has 0 aliphatic heterocycles. The van der Waals surface area contributed by atoms with Gasteiger partial charge >= 0.3 is 0 Å². The zero-order valence-electron chi connectivity index (χ0n) is 11.4. The van der Waals surface area contributed by atoms with Gasteiger partial charge in [-0.3, -0.25) is 4.79 Å². The van der Waals surface area contributed by atoms with Crippen molar-refractivity contribution in [2.45, 2.75) is 26.2 Å². The molecule has 96 valence electrons. The molecular formula is C13H22N2OS. The minimum atomic E-state index is 0.0519. The zero-order chi connectivity index (χ0) is 13.2. The fourth-order valence-electron chi connectivity index (χ4n) is 2.05. The predicted octanol–water partition coefficient (Wildman–Crippen LogP) is 2.16. The van der Waals surface area contributed by atoms with Crippen LogP contribution in [0, 0.1) is 4.51 Å². The Morgan fingerprint density at radius 2 is 1.76 bits per heavy atom. The summed E-state index contributed by atoms with van der Waals surface area (Å²) in [4.78, 5) is 16.0. The Bertz CT molecular complexity index is 444. The largest absolute Gasteiger partial charge is 0.371 e. The van der Waals surface area contributed by atoms with Crippen molar-refractivity contribution in [3.05, 3.63) is 20.3 Å². The molecule has 0 radical (unpaired) electrons. The molecule has 1 aromatic carbocycles. The van der Waals surface area contributed by atoms with Crippen LogP contribution in [0.15, 0.2) is 4.79 Å². The van der Waals surface area contributed by atoms with Crippen molar-refractivity contribution >= 4 is 17.9 Å². The topological polar surface area (TPSA) is 23.6 Å². The molecule has 0 heterocycles. The fourth-order valence-corrected chi connectivity index (χ4v) is 2.48. The summed E-state index contributed by atoms with van der Waals surface area (Å²) in [6.07, 6.45) is 1.05. The summed E-state index contributed by atoms with van der Waals surface area (Å²) in [6.45, 7) is 6.11. The summed E-state index contributed by atoms with van der Waals surface area (Å²) < 4.78 is 0.537. The Morgan fingerprint density at radius 1 is 1.18 bits per heavy atom. The second-order valence-corrected chi connectivity index (χ2v) is 5.56. The molecule has 0 saturated heterocycles. The van der Waals surface area contributed by atoms with E-state index in [1.54, 1.807) is 0 Å². The second kappa shape index (κ2) is 5.74. The Kier molecular flexibility index (Phi) is 4.83. The molecule has 0 aliphatic carbocycles. The van der Waals surface area contributed by atoms with Crippen molar-refractivity contribution in [3.8, 4) is 0 Å². The van der Waals surface area contributed by atoms with Gasteiger partial charge in [-0.2, -0.15) is 0 Å². The summed E-state index contributed by atoms with van der Waals surface area (Å²) in [7, 11) is 6.10. The van der Waals surface area contributed by atoms with E-state index in [4.69, 9.17) is 12.2 Å². The molecular weight excluding hydrogens is 232 g/mol. The molecule has 1 aromatic rings. The van der Waals surface area contributed by atoms with E-state index in [1.807, 2.05) is 7.05 Å². The molecule has 0 amide bonds. The van der Waals surface area contributed by atoms with Gasteiger partial charge in [-0.15, -0.1) is 0 Å². The second-order valence-electron chi connectivity index (χ2n) is 5.15. The van der Waals surface area contributed by atoms with Crippen LogP contribution in [0.4, 0.5) is 5.69 Å². The van der Waals surface area contributed by atoms with Gasteiger partial charge in [0.25, 0.3) is 0 Å². The number of anilines is 1. The highest BCUT2D eigenvalue weighted by Gasteiger charge is 2.22. The summed E-state index contributed by atoms with van der Waals surface area (Å²) >= 11 is 5.11. The molecule has 0 unspecified atom stereocenters. The molecule has 0 aliphatic rings. The monoisotopic (exact) mass is 254 g/mol. The Hall–Kier alpha value is -0.740. The smallest absolute Gasteiger partial charge is 0.220 e. The average Bonchev–Trinajstić information content (AvgIpc) is 2.22. The van der Waals surface area contributed by atoms with Crippen LogP contribution in [-0.2, 0) is 0 Å². The van der Waals surface area contributed by atoms with Gasteiger partial charge in [0.1, 0.15) is 0 Å². The maximum atomic E-state index is 11.8. The van der Waals surface area contributed by atoms with Gasteiger partial charge in [-0.1, -0.05) is 26.1 Å². The SMILES string of the molecule is CC(C)c1c(N(C)CCCN(C)C)c(=O)c1=S. The standard InChI is InChI=1S/C13H22N2OS/c1-9(2)10-11(12(16)13(10)17)15(5)8-6-7-14(3)4/h9H,6-8H2,1-5H3.